The molecule has 1 nitrogen and oxygen atoms in total. The molecule has 0 aliphatic carbocycles. The molecule has 1 aliphatic rings. The van der Waals surface area contributed by atoms with Gasteiger partial charge in [0.05, 0.1) is 5.69 Å². The van der Waals surface area contributed by atoms with Crippen molar-refractivity contribution in [3.63, 3.8) is 0 Å². The van der Waals surface area contributed by atoms with Crippen LogP contribution in [0.4, 0.5) is 11.4 Å². The van der Waals surface area contributed by atoms with Gasteiger partial charge in [-0.3, -0.25) is 0 Å². The van der Waals surface area contributed by atoms with Crippen LogP contribution >= 0.6 is 0 Å². The summed E-state index contributed by atoms with van der Waals surface area (Å²) < 4.78 is 0. The monoisotopic (exact) mass is 319 g/mol. The van der Waals surface area contributed by atoms with Gasteiger partial charge in [-0.2, -0.15) is 0 Å². The van der Waals surface area contributed by atoms with Gasteiger partial charge in [0.2, 0.25) is 0 Å². The van der Waals surface area contributed by atoms with E-state index in [0.717, 1.165) is 0 Å². The maximum absolute atomic E-state index is 2.53. The zero-order valence-corrected chi connectivity index (χ0v) is 15.8. The molecule has 2 aromatic rings. The quantitative estimate of drug-likeness (QED) is 0.591. The van der Waals surface area contributed by atoms with Crippen molar-refractivity contribution in [2.45, 2.75) is 59.4 Å². The van der Waals surface area contributed by atoms with Crippen LogP contribution < -0.4 is 4.90 Å². The molecule has 0 spiro atoms. The lowest BCUT2D eigenvalue weighted by atomic mass is 9.86. The molecule has 1 heteroatoms. The SMILES string of the molecule is CC(C)c1ccc2c(c1C(C)C)N(C(C)C)c1ccccc1C=C2. The average Bonchev–Trinajstić information content (AvgIpc) is 2.70. The van der Waals surface area contributed by atoms with Gasteiger partial charge in [-0.05, 0) is 54.0 Å². The summed E-state index contributed by atoms with van der Waals surface area (Å²) in [5.41, 5.74) is 8.30. The average molecular weight is 319 g/mol. The van der Waals surface area contributed by atoms with Crippen molar-refractivity contribution in [2.24, 2.45) is 0 Å². The molecule has 0 bridgehead atoms. The number of benzene rings is 2. The van der Waals surface area contributed by atoms with Crippen molar-refractivity contribution in [2.75, 3.05) is 4.90 Å². The Labute approximate surface area is 147 Å². The Hall–Kier alpha value is -2.02. The second-order valence-electron chi connectivity index (χ2n) is 7.67. The molecule has 0 radical (unpaired) electrons. The maximum Gasteiger partial charge on any atom is 0.0524 e. The zero-order chi connectivity index (χ0) is 17.4. The molecule has 0 saturated heterocycles. The predicted octanol–water partition coefficient (Wildman–Crippen LogP) is 6.96. The highest BCUT2D eigenvalue weighted by Crippen LogP contribution is 2.44. The molecule has 0 N–H and O–H groups in total. The van der Waals surface area contributed by atoms with Gasteiger partial charge < -0.3 is 4.90 Å². The molecule has 0 fully saturated rings. The van der Waals surface area contributed by atoms with Crippen molar-refractivity contribution in [3.8, 4) is 0 Å². The van der Waals surface area contributed by atoms with Gasteiger partial charge >= 0.3 is 0 Å². The number of hydrogen-bond donors (Lipinski definition) is 0. The van der Waals surface area contributed by atoms with E-state index in [-0.39, 0.29) is 0 Å². The summed E-state index contributed by atoms with van der Waals surface area (Å²) in [6.45, 7) is 13.8. The van der Waals surface area contributed by atoms with Crippen LogP contribution in [-0.4, -0.2) is 6.04 Å². The summed E-state index contributed by atoms with van der Waals surface area (Å²) in [6.07, 6.45) is 4.54. The Morgan fingerprint density at radius 1 is 0.708 bits per heavy atom. The van der Waals surface area contributed by atoms with Crippen molar-refractivity contribution in [1.82, 2.24) is 0 Å². The fraction of sp³-hybridized carbons (Fsp3) is 0.391. The molecule has 3 rings (SSSR count). The zero-order valence-electron chi connectivity index (χ0n) is 15.8. The number of rotatable bonds is 3. The Kier molecular flexibility index (Phi) is 4.54. The largest absolute Gasteiger partial charge is 0.338 e. The van der Waals surface area contributed by atoms with E-state index >= 15 is 0 Å². The molecule has 1 aliphatic heterocycles. The van der Waals surface area contributed by atoms with Crippen LogP contribution in [0.1, 0.15) is 75.6 Å². The lowest BCUT2D eigenvalue weighted by molar-refractivity contribution is 0.751. The van der Waals surface area contributed by atoms with Crippen LogP contribution in [0.15, 0.2) is 36.4 Å². The van der Waals surface area contributed by atoms with E-state index in [0.29, 0.717) is 17.9 Å². The Balaban J connectivity index is 2.37. The Morgan fingerprint density at radius 3 is 2.00 bits per heavy atom. The summed E-state index contributed by atoms with van der Waals surface area (Å²) in [6, 6.07) is 13.8. The van der Waals surface area contributed by atoms with Gasteiger partial charge in [0, 0.05) is 11.7 Å². The van der Waals surface area contributed by atoms with Crippen LogP contribution in [0.3, 0.4) is 0 Å². The smallest absolute Gasteiger partial charge is 0.0524 e. The molecule has 126 valence electrons. The first-order chi connectivity index (χ1) is 11.4. The van der Waals surface area contributed by atoms with E-state index in [4.69, 9.17) is 0 Å². The standard InChI is InChI=1S/C23H29N/c1-15(2)20-14-13-19-12-11-18-9-7-8-10-21(18)24(17(5)6)23(19)22(20)16(3)4/h7-17H,1-6H3. The third-order valence-corrected chi connectivity index (χ3v) is 4.88. The maximum atomic E-state index is 2.53. The lowest BCUT2D eigenvalue weighted by Crippen LogP contribution is -2.28. The Bertz CT molecular complexity index is 766. The fourth-order valence-electron chi connectivity index (χ4n) is 3.84. The van der Waals surface area contributed by atoms with E-state index in [1.807, 2.05) is 0 Å². The third kappa shape index (κ3) is 2.77. The van der Waals surface area contributed by atoms with Crippen molar-refractivity contribution in [3.05, 3.63) is 58.7 Å². The van der Waals surface area contributed by atoms with E-state index in [9.17, 15) is 0 Å². The van der Waals surface area contributed by atoms with Gasteiger partial charge in [-0.25, -0.2) is 0 Å². The fourth-order valence-corrected chi connectivity index (χ4v) is 3.84. The third-order valence-electron chi connectivity index (χ3n) is 4.88. The van der Waals surface area contributed by atoms with Crippen LogP contribution in [-0.2, 0) is 0 Å². The Morgan fingerprint density at radius 2 is 1.38 bits per heavy atom. The van der Waals surface area contributed by atoms with Crippen LogP contribution in [0, 0.1) is 0 Å². The highest BCUT2D eigenvalue weighted by Gasteiger charge is 2.26. The van der Waals surface area contributed by atoms with Gasteiger partial charge in [0.15, 0.2) is 0 Å². The van der Waals surface area contributed by atoms with Gasteiger partial charge in [-0.15, -0.1) is 0 Å². The van der Waals surface area contributed by atoms with E-state index in [1.54, 1.807) is 0 Å². The van der Waals surface area contributed by atoms with Crippen molar-refractivity contribution >= 4 is 23.5 Å². The van der Waals surface area contributed by atoms with Gasteiger partial charge in [-0.1, -0.05) is 70.2 Å². The number of fused-ring (bicyclic) bond motifs is 2. The number of nitrogens with zero attached hydrogens (tertiary/aromatic N) is 1. The molecule has 1 heterocycles. The normalized spacial score (nSPS) is 13.5. The lowest BCUT2D eigenvalue weighted by Gasteiger charge is -2.35. The first kappa shape index (κ1) is 16.8. The minimum Gasteiger partial charge on any atom is -0.338 e. The van der Waals surface area contributed by atoms with Gasteiger partial charge in [0.1, 0.15) is 0 Å². The second kappa shape index (κ2) is 6.47. The van der Waals surface area contributed by atoms with Crippen molar-refractivity contribution < 1.29 is 0 Å². The van der Waals surface area contributed by atoms with Crippen LogP contribution in [0.5, 0.6) is 0 Å². The number of para-hydroxylation sites is 1. The van der Waals surface area contributed by atoms with E-state index < -0.39 is 0 Å². The molecular formula is C23H29N. The molecule has 0 aromatic heterocycles. The van der Waals surface area contributed by atoms with E-state index in [2.05, 4.69) is 95.0 Å². The topological polar surface area (TPSA) is 3.24 Å². The first-order valence-corrected chi connectivity index (χ1v) is 9.15. The first-order valence-electron chi connectivity index (χ1n) is 9.15. The molecule has 0 saturated carbocycles. The molecule has 0 unspecified atom stereocenters. The van der Waals surface area contributed by atoms with Gasteiger partial charge in [0.25, 0.3) is 0 Å². The molecule has 24 heavy (non-hydrogen) atoms. The summed E-state index contributed by atoms with van der Waals surface area (Å²) in [7, 11) is 0. The molecule has 0 amide bonds. The minimum atomic E-state index is 0.407. The number of hydrogen-bond acceptors (Lipinski definition) is 1. The summed E-state index contributed by atoms with van der Waals surface area (Å²) >= 11 is 0. The number of anilines is 2. The van der Waals surface area contributed by atoms with Crippen LogP contribution in [0.25, 0.3) is 12.2 Å². The van der Waals surface area contributed by atoms with Crippen molar-refractivity contribution in [1.29, 1.82) is 0 Å². The summed E-state index contributed by atoms with van der Waals surface area (Å²) in [5.74, 6) is 1.03. The van der Waals surface area contributed by atoms with Crippen LogP contribution in [0.2, 0.25) is 0 Å². The molecule has 2 aromatic carbocycles. The summed E-state index contributed by atoms with van der Waals surface area (Å²) in [4.78, 5) is 2.53. The highest BCUT2D eigenvalue weighted by molar-refractivity contribution is 5.91. The summed E-state index contributed by atoms with van der Waals surface area (Å²) in [5, 5.41) is 0. The second-order valence-corrected chi connectivity index (χ2v) is 7.67. The minimum absolute atomic E-state index is 0.407. The van der Waals surface area contributed by atoms with E-state index in [1.165, 1.54) is 33.6 Å². The highest BCUT2D eigenvalue weighted by atomic mass is 15.2. The molecular weight excluding hydrogens is 290 g/mol. The predicted molar refractivity (Wildman–Crippen MR) is 107 cm³/mol. The molecule has 0 atom stereocenters.